The van der Waals surface area contributed by atoms with Gasteiger partial charge in [-0.2, -0.15) is 0 Å². The van der Waals surface area contributed by atoms with Crippen LogP contribution in [0.1, 0.15) is 104 Å². The maximum absolute atomic E-state index is 13.2. The van der Waals surface area contributed by atoms with E-state index >= 15 is 0 Å². The Hall–Kier alpha value is -1.57. The molecule has 10 atom stereocenters. The van der Waals surface area contributed by atoms with Crippen molar-refractivity contribution in [2.75, 3.05) is 0 Å². The van der Waals surface area contributed by atoms with Gasteiger partial charge in [-0.15, -0.1) is 0 Å². The molecule has 10 heteroatoms. The van der Waals surface area contributed by atoms with Crippen LogP contribution in [0.5, 0.6) is 0 Å². The Morgan fingerprint density at radius 1 is 1.00 bits per heavy atom. The van der Waals surface area contributed by atoms with E-state index in [1.54, 1.807) is 12.3 Å². The van der Waals surface area contributed by atoms with Crippen LogP contribution in [0.15, 0.2) is 50.7 Å². The number of oxazole rings is 1. The number of rotatable bonds is 3. The molecule has 3 saturated heterocycles. The van der Waals surface area contributed by atoms with Crippen LogP contribution in [0.4, 0.5) is 0 Å². The second-order valence-electron chi connectivity index (χ2n) is 15.9. The van der Waals surface area contributed by atoms with Crippen LogP contribution in [-0.2, 0) is 28.2 Å². The summed E-state index contributed by atoms with van der Waals surface area (Å²) < 4.78 is 41.1. The summed E-state index contributed by atoms with van der Waals surface area (Å²) in [6.07, 6.45) is 13.3. The molecule has 0 amide bonds. The van der Waals surface area contributed by atoms with E-state index < -0.39 is 8.32 Å². The molecule has 5 rings (SSSR count). The van der Waals surface area contributed by atoms with Gasteiger partial charge >= 0.3 is 5.97 Å². The highest BCUT2D eigenvalue weighted by atomic mass is 127. The predicted octanol–water partition coefficient (Wildman–Crippen LogP) is 9.43. The zero-order chi connectivity index (χ0) is 34.8. The minimum atomic E-state index is -2.02. The monoisotopic (exact) mass is 793 g/mol. The molecule has 8 nitrogen and oxygen atoms in total. The van der Waals surface area contributed by atoms with Gasteiger partial charge in [0.15, 0.2) is 8.32 Å². The molecule has 8 bridgehead atoms. The van der Waals surface area contributed by atoms with E-state index in [1.807, 2.05) is 22.3 Å². The zero-order valence-corrected chi connectivity index (χ0v) is 33.2. The molecule has 0 radical (unpaired) electrons. The lowest BCUT2D eigenvalue weighted by atomic mass is 9.80. The van der Waals surface area contributed by atoms with Gasteiger partial charge in [0.05, 0.1) is 36.6 Å². The fourth-order valence-electron chi connectivity index (χ4n) is 7.36. The number of ether oxygens (including phenoxy) is 4. The highest BCUT2D eigenvalue weighted by molar-refractivity contribution is 14.1. The summed E-state index contributed by atoms with van der Waals surface area (Å²) in [5, 5.41) is 0.101. The number of aromatic nitrogens is 1. The fraction of sp³-hybridized carbons (Fsp3) is 0.684. The summed E-state index contributed by atoms with van der Waals surface area (Å²) >= 11 is 2.25. The first-order chi connectivity index (χ1) is 22.6. The van der Waals surface area contributed by atoms with Gasteiger partial charge in [0.1, 0.15) is 24.2 Å². The summed E-state index contributed by atoms with van der Waals surface area (Å²) in [6, 6.07) is 0. The first-order valence-electron chi connectivity index (χ1n) is 17.7. The summed E-state index contributed by atoms with van der Waals surface area (Å²) in [5.41, 5.74) is 3.08. The molecule has 4 aliphatic heterocycles. The normalized spacial score (nSPS) is 37.2. The topological polar surface area (TPSA) is 89.3 Å². The van der Waals surface area contributed by atoms with Gasteiger partial charge in [0, 0.05) is 30.8 Å². The van der Waals surface area contributed by atoms with Crippen molar-refractivity contribution < 1.29 is 32.6 Å². The number of hydrogen-bond acceptors (Lipinski definition) is 8. The quantitative estimate of drug-likeness (QED) is 0.130. The van der Waals surface area contributed by atoms with Crippen molar-refractivity contribution in [2.45, 2.75) is 153 Å². The van der Waals surface area contributed by atoms with Crippen molar-refractivity contribution in [3.63, 3.8) is 0 Å². The van der Waals surface area contributed by atoms with Gasteiger partial charge in [0.2, 0.25) is 5.89 Å². The van der Waals surface area contributed by atoms with Gasteiger partial charge < -0.3 is 27.8 Å². The van der Waals surface area contributed by atoms with E-state index in [9.17, 15) is 4.79 Å². The number of fused-ring (bicyclic) bond motifs is 9. The largest absolute Gasteiger partial charge is 0.458 e. The van der Waals surface area contributed by atoms with Crippen LogP contribution in [-0.4, -0.2) is 62.0 Å². The fourth-order valence-corrected chi connectivity index (χ4v) is 9.09. The van der Waals surface area contributed by atoms with Crippen LogP contribution >= 0.6 is 22.6 Å². The summed E-state index contributed by atoms with van der Waals surface area (Å²) in [6.45, 7) is 22.1. The molecule has 5 heterocycles. The van der Waals surface area contributed by atoms with Crippen molar-refractivity contribution in [3.8, 4) is 0 Å². The van der Waals surface area contributed by atoms with E-state index in [2.05, 4.69) is 83.8 Å². The molecular formula is C38H56INO7Si. The number of carbonyl (C=O) groups excluding carboxylic acids is 1. The first kappa shape index (κ1) is 37.7. The second-order valence-corrected chi connectivity index (χ2v) is 21.3. The number of hydrogen-bond donors (Lipinski definition) is 0. The maximum Gasteiger partial charge on any atom is 0.330 e. The summed E-state index contributed by atoms with van der Waals surface area (Å²) in [4.78, 5) is 18.0. The third-order valence-electron chi connectivity index (χ3n) is 11.0. The van der Waals surface area contributed by atoms with Crippen molar-refractivity contribution in [3.05, 3.63) is 57.9 Å². The molecule has 1 aromatic rings. The molecule has 2 unspecified atom stereocenters. The number of carbonyl (C=O) groups is 1. The standard InChI is InChI=1S/C38H56INO7Si/c1-23-16-27-12-10-15-35(41)46-37-25(3)32(45-36(26(37)4)24(2)21-39)13-11-14-34-40-31(22-42-34)33-20-30(47-48(8,9)38(5,6)7)19-29(44-33)18-28(17-23)43-27/h10-11,14-15,21-22,25-30,32-33,36-37H,1,12-13,16-20H2,2-9H3/b14-11-,15-10-,24-21+/t25?,26-,27-,28-,29+,30+,32+,33+,36-,37?/m0/s1. The van der Waals surface area contributed by atoms with Crippen LogP contribution in [0.2, 0.25) is 18.1 Å². The van der Waals surface area contributed by atoms with E-state index in [0.717, 1.165) is 43.4 Å². The van der Waals surface area contributed by atoms with Crippen molar-refractivity contribution in [1.29, 1.82) is 0 Å². The van der Waals surface area contributed by atoms with E-state index in [0.29, 0.717) is 18.7 Å². The Morgan fingerprint density at radius 3 is 2.46 bits per heavy atom. The summed E-state index contributed by atoms with van der Waals surface area (Å²) in [5.74, 6) is 0.200. The lowest BCUT2D eigenvalue weighted by molar-refractivity contribution is -0.180. The molecule has 3 fully saturated rings. The van der Waals surface area contributed by atoms with E-state index in [1.165, 1.54) is 5.57 Å². The Balaban J connectivity index is 1.44. The van der Waals surface area contributed by atoms with Gasteiger partial charge in [-0.05, 0) is 72.9 Å². The minimum absolute atomic E-state index is 0.00839. The lowest BCUT2D eigenvalue weighted by Gasteiger charge is -2.44. The molecular weight excluding hydrogens is 737 g/mol. The molecule has 0 spiro atoms. The van der Waals surface area contributed by atoms with Crippen molar-refractivity contribution in [1.82, 2.24) is 4.98 Å². The molecule has 266 valence electrons. The Kier molecular flexibility index (Phi) is 12.4. The van der Waals surface area contributed by atoms with Gasteiger partial charge in [-0.1, -0.05) is 81.5 Å². The van der Waals surface area contributed by atoms with Crippen molar-refractivity contribution in [2.24, 2.45) is 11.8 Å². The third-order valence-corrected chi connectivity index (χ3v) is 16.5. The lowest BCUT2D eigenvalue weighted by Crippen LogP contribution is -2.50. The Morgan fingerprint density at radius 2 is 1.73 bits per heavy atom. The van der Waals surface area contributed by atoms with E-state index in [-0.39, 0.29) is 71.7 Å². The predicted molar refractivity (Wildman–Crippen MR) is 199 cm³/mol. The zero-order valence-electron chi connectivity index (χ0n) is 30.1. The van der Waals surface area contributed by atoms with Crippen LogP contribution in [0.25, 0.3) is 6.08 Å². The SMILES string of the molecule is C=C1C[C@@H]2C/C=C\C(=O)OC3C(C)[C@@H](C/C=C\c4nc(co4)[C@H]4C[C@H](O[Si](C)(C)C(C)(C)C)C[C@@H](C[C@H](C1)O2)O4)O[C@@H](/C(C)=C/I)[C@@H]3C. The van der Waals surface area contributed by atoms with Crippen LogP contribution in [0.3, 0.4) is 0 Å². The maximum atomic E-state index is 13.2. The van der Waals surface area contributed by atoms with Gasteiger partial charge in [-0.3, -0.25) is 0 Å². The highest BCUT2D eigenvalue weighted by Gasteiger charge is 2.45. The number of halogens is 1. The molecule has 0 aliphatic carbocycles. The highest BCUT2D eigenvalue weighted by Crippen LogP contribution is 2.43. The molecule has 4 aliphatic rings. The second kappa shape index (κ2) is 15.8. The molecule has 48 heavy (non-hydrogen) atoms. The third kappa shape index (κ3) is 9.20. The average molecular weight is 794 g/mol. The minimum Gasteiger partial charge on any atom is -0.458 e. The molecule has 0 saturated carbocycles. The molecule has 0 N–H and O–H groups in total. The van der Waals surface area contributed by atoms with Gasteiger partial charge in [0.25, 0.3) is 0 Å². The average Bonchev–Trinajstić information content (AvgIpc) is 3.47. The van der Waals surface area contributed by atoms with Gasteiger partial charge in [-0.25, -0.2) is 9.78 Å². The summed E-state index contributed by atoms with van der Waals surface area (Å²) in [7, 11) is -2.02. The smallest absolute Gasteiger partial charge is 0.330 e. The number of nitrogens with zero attached hydrogens (tertiary/aromatic N) is 1. The first-order valence-corrected chi connectivity index (χ1v) is 21.9. The van der Waals surface area contributed by atoms with Crippen molar-refractivity contribution >= 4 is 43.0 Å². The molecule has 0 aromatic carbocycles. The molecule has 1 aromatic heterocycles. The number of esters is 1. The Labute approximate surface area is 302 Å². The van der Waals surface area contributed by atoms with Crippen LogP contribution in [0, 0.1) is 11.8 Å². The van der Waals surface area contributed by atoms with Crippen LogP contribution < -0.4 is 0 Å². The van der Waals surface area contributed by atoms with E-state index in [4.69, 9.17) is 32.8 Å². The Bertz CT molecular complexity index is 1380.